The molecule has 0 fully saturated rings. The van der Waals surface area contributed by atoms with Crippen molar-refractivity contribution >= 4 is 35.3 Å². The lowest BCUT2D eigenvalue weighted by Gasteiger charge is -2.18. The second-order valence-corrected chi connectivity index (χ2v) is 7.60. The number of aliphatic carboxylic acids is 2. The molecule has 0 saturated heterocycles. The molecule has 13 heteroatoms. The lowest BCUT2D eigenvalue weighted by Crippen LogP contribution is -2.38. The number of nitrogens with two attached hydrogens (primary N) is 1. The predicted octanol–water partition coefficient (Wildman–Crippen LogP) is 1.90. The number of alkyl halides is 3. The van der Waals surface area contributed by atoms with Crippen LogP contribution in [0.1, 0.15) is 33.5 Å². The Kier molecular flexibility index (Phi) is 8.98. The topological polar surface area (TPSA) is 165 Å². The molecule has 0 aromatic heterocycles. The molecule has 0 aliphatic carbocycles. The molecule has 1 aliphatic rings. The number of rotatable bonds is 4. The number of amides is 2. The van der Waals surface area contributed by atoms with E-state index in [0.717, 1.165) is 5.56 Å². The number of benzene rings is 2. The minimum atomic E-state index is -5.08. The number of amidine groups is 1. The SMILES string of the molecule is CN1C(=O)CN(CCC(=O)O)C(=O)c2cc(C#Cc3ccc(C(=N)N)cc3)ccc21.O=C(O)C(F)(F)F. The Bertz CT molecular complexity index is 1300. The summed E-state index contributed by atoms with van der Waals surface area (Å²) >= 11 is 0. The van der Waals surface area contributed by atoms with Gasteiger partial charge in [0.15, 0.2) is 0 Å². The summed E-state index contributed by atoms with van der Waals surface area (Å²) in [6, 6.07) is 11.9. The van der Waals surface area contributed by atoms with Crippen LogP contribution in [0.15, 0.2) is 42.5 Å². The van der Waals surface area contributed by atoms with E-state index in [0.29, 0.717) is 22.4 Å². The Morgan fingerprint density at radius 2 is 1.59 bits per heavy atom. The van der Waals surface area contributed by atoms with Gasteiger partial charge in [0, 0.05) is 30.3 Å². The molecular weight excluding hydrogens is 497 g/mol. The summed E-state index contributed by atoms with van der Waals surface area (Å²) in [7, 11) is 1.58. The number of carbonyl (C=O) groups is 4. The molecule has 0 saturated carbocycles. The molecular formula is C24H21F3N4O6. The molecule has 0 unspecified atom stereocenters. The first-order chi connectivity index (χ1) is 17.2. The zero-order chi connectivity index (χ0) is 27.9. The highest BCUT2D eigenvalue weighted by atomic mass is 19.4. The number of carboxylic acids is 2. The number of carboxylic acid groups (broad SMARTS) is 2. The number of nitrogen functional groups attached to an aromatic ring is 1. The maximum absolute atomic E-state index is 12.9. The van der Waals surface area contributed by atoms with Gasteiger partial charge in [-0.3, -0.25) is 19.8 Å². The standard InChI is InChI=1S/C22H20N4O4.C2HF3O2/c1-25-18-9-6-15(3-2-14-4-7-16(8-5-14)21(23)24)12-17(18)22(30)26(13-19(25)27)11-10-20(28)29;3-2(4,5)1(6)7/h4-9,12H,10-11,13H2,1H3,(H3,23,24)(H,28,29);(H,6,7). The van der Waals surface area contributed by atoms with Crippen molar-refractivity contribution < 1.29 is 42.6 Å². The van der Waals surface area contributed by atoms with Gasteiger partial charge in [-0.05, 0) is 30.3 Å². The number of hydrogen-bond acceptors (Lipinski definition) is 5. The highest BCUT2D eigenvalue weighted by Crippen LogP contribution is 2.26. The van der Waals surface area contributed by atoms with E-state index in [1.165, 1.54) is 9.80 Å². The Labute approximate surface area is 208 Å². The fourth-order valence-electron chi connectivity index (χ4n) is 3.01. The van der Waals surface area contributed by atoms with E-state index in [9.17, 15) is 27.6 Å². The van der Waals surface area contributed by atoms with Gasteiger partial charge in [-0.15, -0.1) is 0 Å². The third-order valence-electron chi connectivity index (χ3n) is 4.96. The third kappa shape index (κ3) is 7.82. The van der Waals surface area contributed by atoms with Crippen LogP contribution in [0.5, 0.6) is 0 Å². The summed E-state index contributed by atoms with van der Waals surface area (Å²) in [5.41, 5.74) is 8.10. The molecule has 0 atom stereocenters. The van der Waals surface area contributed by atoms with Crippen LogP contribution in [0.25, 0.3) is 0 Å². The van der Waals surface area contributed by atoms with Crippen LogP contribution < -0.4 is 10.6 Å². The summed E-state index contributed by atoms with van der Waals surface area (Å²) in [6.07, 6.45) is -5.33. The average molecular weight is 518 g/mol. The van der Waals surface area contributed by atoms with Gasteiger partial charge in [0.1, 0.15) is 12.4 Å². The van der Waals surface area contributed by atoms with Crippen molar-refractivity contribution in [3.63, 3.8) is 0 Å². The zero-order valence-corrected chi connectivity index (χ0v) is 19.3. The highest BCUT2D eigenvalue weighted by molar-refractivity contribution is 6.09. The van der Waals surface area contributed by atoms with Gasteiger partial charge in [-0.25, -0.2) is 4.79 Å². The second kappa shape index (κ2) is 11.7. The van der Waals surface area contributed by atoms with E-state index < -0.39 is 24.0 Å². The monoisotopic (exact) mass is 518 g/mol. The van der Waals surface area contributed by atoms with E-state index in [2.05, 4.69) is 11.8 Å². The van der Waals surface area contributed by atoms with Crippen molar-refractivity contribution in [2.75, 3.05) is 25.0 Å². The van der Waals surface area contributed by atoms with E-state index in [4.69, 9.17) is 26.2 Å². The van der Waals surface area contributed by atoms with Crippen LogP contribution in [-0.4, -0.2) is 71.0 Å². The normalized spacial score (nSPS) is 12.9. The first-order valence-electron chi connectivity index (χ1n) is 10.4. The maximum atomic E-state index is 12.9. The summed E-state index contributed by atoms with van der Waals surface area (Å²) in [4.78, 5) is 47.7. The van der Waals surface area contributed by atoms with Gasteiger partial charge in [0.25, 0.3) is 5.91 Å². The zero-order valence-electron chi connectivity index (χ0n) is 19.3. The smallest absolute Gasteiger partial charge is 0.481 e. The number of carbonyl (C=O) groups excluding carboxylic acids is 2. The fourth-order valence-corrected chi connectivity index (χ4v) is 3.01. The van der Waals surface area contributed by atoms with Crippen molar-refractivity contribution in [3.05, 3.63) is 64.7 Å². The predicted molar refractivity (Wildman–Crippen MR) is 125 cm³/mol. The molecule has 194 valence electrons. The minimum Gasteiger partial charge on any atom is -0.481 e. The minimum absolute atomic E-state index is 0.0232. The average Bonchev–Trinajstić information content (AvgIpc) is 2.91. The Morgan fingerprint density at radius 3 is 2.11 bits per heavy atom. The van der Waals surface area contributed by atoms with Gasteiger partial charge in [-0.2, -0.15) is 13.2 Å². The Hall–Kier alpha value is -4.86. The van der Waals surface area contributed by atoms with E-state index in [1.807, 2.05) is 0 Å². The quantitative estimate of drug-likeness (QED) is 0.273. The van der Waals surface area contributed by atoms with Gasteiger partial charge in [-0.1, -0.05) is 24.0 Å². The molecule has 3 rings (SSSR count). The second-order valence-electron chi connectivity index (χ2n) is 7.60. The van der Waals surface area contributed by atoms with Crippen LogP contribution in [0.4, 0.5) is 18.9 Å². The molecule has 2 aromatic rings. The molecule has 2 aromatic carbocycles. The highest BCUT2D eigenvalue weighted by Gasteiger charge is 2.38. The molecule has 2 amide bonds. The first kappa shape index (κ1) is 28.4. The van der Waals surface area contributed by atoms with Crippen LogP contribution >= 0.6 is 0 Å². The number of nitrogens with one attached hydrogen (secondary N) is 1. The van der Waals surface area contributed by atoms with E-state index in [1.54, 1.807) is 49.5 Å². The van der Waals surface area contributed by atoms with Gasteiger partial charge < -0.3 is 25.7 Å². The van der Waals surface area contributed by atoms with Gasteiger partial charge in [0.2, 0.25) is 5.91 Å². The van der Waals surface area contributed by atoms with Gasteiger partial charge in [0.05, 0.1) is 17.7 Å². The molecule has 5 N–H and O–H groups in total. The molecule has 0 spiro atoms. The molecule has 37 heavy (non-hydrogen) atoms. The summed E-state index contributed by atoms with van der Waals surface area (Å²) in [6.45, 7) is -0.230. The number of anilines is 1. The van der Waals surface area contributed by atoms with Crippen molar-refractivity contribution in [1.82, 2.24) is 4.90 Å². The molecule has 1 aliphatic heterocycles. The van der Waals surface area contributed by atoms with Crippen molar-refractivity contribution in [3.8, 4) is 11.8 Å². The van der Waals surface area contributed by atoms with Crippen molar-refractivity contribution in [1.29, 1.82) is 5.41 Å². The maximum Gasteiger partial charge on any atom is 0.490 e. The van der Waals surface area contributed by atoms with Crippen molar-refractivity contribution in [2.24, 2.45) is 5.73 Å². The van der Waals surface area contributed by atoms with Crippen LogP contribution in [0, 0.1) is 17.3 Å². The fraction of sp³-hybridized carbons (Fsp3) is 0.208. The molecule has 0 bridgehead atoms. The van der Waals surface area contributed by atoms with Crippen LogP contribution in [-0.2, 0) is 14.4 Å². The molecule has 1 heterocycles. The van der Waals surface area contributed by atoms with E-state index in [-0.39, 0.29) is 31.3 Å². The van der Waals surface area contributed by atoms with E-state index >= 15 is 0 Å². The Morgan fingerprint density at radius 1 is 1.05 bits per heavy atom. The number of likely N-dealkylation sites (N-methyl/N-ethyl adjacent to an activating group) is 1. The number of hydrogen-bond donors (Lipinski definition) is 4. The lowest BCUT2D eigenvalue weighted by atomic mass is 10.1. The number of nitrogens with zero attached hydrogens (tertiary/aromatic N) is 2. The molecule has 0 radical (unpaired) electrons. The summed E-state index contributed by atoms with van der Waals surface area (Å²) < 4.78 is 31.7. The largest absolute Gasteiger partial charge is 0.490 e. The summed E-state index contributed by atoms with van der Waals surface area (Å²) in [5, 5.41) is 23.5. The number of fused-ring (bicyclic) bond motifs is 1. The van der Waals surface area contributed by atoms with Crippen LogP contribution in [0.3, 0.4) is 0 Å². The first-order valence-corrected chi connectivity index (χ1v) is 10.4. The lowest BCUT2D eigenvalue weighted by molar-refractivity contribution is -0.192. The molecule has 10 nitrogen and oxygen atoms in total. The van der Waals surface area contributed by atoms with Crippen molar-refractivity contribution in [2.45, 2.75) is 12.6 Å². The Balaban J connectivity index is 0.000000604. The van der Waals surface area contributed by atoms with Crippen LogP contribution in [0.2, 0.25) is 0 Å². The third-order valence-corrected chi connectivity index (χ3v) is 4.96. The number of halogens is 3. The summed E-state index contributed by atoms with van der Waals surface area (Å²) in [5.74, 6) is 1.46. The van der Waals surface area contributed by atoms with Gasteiger partial charge >= 0.3 is 18.1 Å².